The number of carbonyl (C=O) groups excluding carboxylic acids is 2. The highest BCUT2D eigenvalue weighted by Gasteiger charge is 2.11. The number of halogens is 1. The smallest absolute Gasteiger partial charge is 0.337 e. The van der Waals surface area contributed by atoms with Gasteiger partial charge in [0.1, 0.15) is 17.4 Å². The van der Waals surface area contributed by atoms with E-state index in [9.17, 15) is 20.0 Å². The van der Waals surface area contributed by atoms with E-state index in [2.05, 4.69) is 26.0 Å². The van der Waals surface area contributed by atoms with Crippen LogP contribution in [0, 0.1) is 11.3 Å². The highest BCUT2D eigenvalue weighted by atomic mass is 79.9. The van der Waals surface area contributed by atoms with Crippen LogP contribution in [0.25, 0.3) is 6.08 Å². The first-order valence-electron chi connectivity index (χ1n) is 7.04. The van der Waals surface area contributed by atoms with E-state index in [1.807, 2.05) is 6.07 Å². The molecular formula is C18H13BrN2O4. The number of nitriles is 1. The van der Waals surface area contributed by atoms with Crippen molar-refractivity contribution in [1.82, 2.24) is 0 Å². The van der Waals surface area contributed by atoms with Gasteiger partial charge in [0, 0.05) is 5.69 Å². The van der Waals surface area contributed by atoms with Crippen molar-refractivity contribution in [3.63, 3.8) is 0 Å². The summed E-state index contributed by atoms with van der Waals surface area (Å²) in [4.78, 5) is 23.6. The molecule has 0 aliphatic heterocycles. The summed E-state index contributed by atoms with van der Waals surface area (Å²) in [5.74, 6) is -1.00. The van der Waals surface area contributed by atoms with E-state index >= 15 is 0 Å². The molecule has 1 amide bonds. The lowest BCUT2D eigenvalue weighted by molar-refractivity contribution is -0.112. The molecule has 6 nitrogen and oxygen atoms in total. The number of aromatic hydroxyl groups is 1. The van der Waals surface area contributed by atoms with Crippen molar-refractivity contribution < 1.29 is 19.4 Å². The third-order valence-electron chi connectivity index (χ3n) is 3.21. The van der Waals surface area contributed by atoms with E-state index in [1.165, 1.54) is 43.5 Å². The number of benzene rings is 2. The number of esters is 1. The number of nitrogens with one attached hydrogen (secondary N) is 1. The lowest BCUT2D eigenvalue weighted by Gasteiger charge is -2.06. The minimum Gasteiger partial charge on any atom is -0.507 e. The molecule has 0 atom stereocenters. The second kappa shape index (κ2) is 8.13. The molecule has 25 heavy (non-hydrogen) atoms. The second-order valence-electron chi connectivity index (χ2n) is 4.90. The summed E-state index contributed by atoms with van der Waals surface area (Å²) in [6, 6.07) is 12.6. The molecule has 7 heteroatoms. The summed E-state index contributed by atoms with van der Waals surface area (Å²) >= 11 is 3.17. The van der Waals surface area contributed by atoms with Crippen LogP contribution >= 0.6 is 15.9 Å². The molecule has 0 fully saturated rings. The normalized spacial score (nSPS) is 10.7. The molecule has 0 saturated carbocycles. The molecule has 0 aliphatic rings. The van der Waals surface area contributed by atoms with Crippen LogP contribution in [0.5, 0.6) is 5.75 Å². The van der Waals surface area contributed by atoms with E-state index < -0.39 is 11.9 Å². The highest BCUT2D eigenvalue weighted by molar-refractivity contribution is 9.10. The SMILES string of the molecule is COC(=O)c1ccc(NC(=O)/C(C#N)=C/c2ccc(O)c(Br)c2)cc1. The molecule has 0 aromatic heterocycles. The number of amides is 1. The summed E-state index contributed by atoms with van der Waals surface area (Å²) < 4.78 is 5.05. The van der Waals surface area contributed by atoms with Gasteiger partial charge in [-0.15, -0.1) is 0 Å². The molecule has 126 valence electrons. The van der Waals surface area contributed by atoms with Gasteiger partial charge in [0.25, 0.3) is 5.91 Å². The average Bonchev–Trinajstić information content (AvgIpc) is 2.62. The molecule has 0 radical (unpaired) electrons. The first-order chi connectivity index (χ1) is 11.9. The van der Waals surface area contributed by atoms with Crippen molar-refractivity contribution in [1.29, 1.82) is 5.26 Å². The van der Waals surface area contributed by atoms with Gasteiger partial charge in [0.15, 0.2) is 0 Å². The van der Waals surface area contributed by atoms with Crippen LogP contribution in [0.1, 0.15) is 15.9 Å². The van der Waals surface area contributed by atoms with E-state index in [0.717, 1.165) is 0 Å². The third kappa shape index (κ3) is 4.68. The van der Waals surface area contributed by atoms with Crippen molar-refractivity contribution in [2.45, 2.75) is 0 Å². The molecule has 2 rings (SSSR count). The fourth-order valence-electron chi connectivity index (χ4n) is 1.93. The second-order valence-corrected chi connectivity index (χ2v) is 5.76. The zero-order chi connectivity index (χ0) is 18.4. The molecule has 0 bridgehead atoms. The number of hydrogen-bond acceptors (Lipinski definition) is 5. The lowest BCUT2D eigenvalue weighted by atomic mass is 10.1. The van der Waals surface area contributed by atoms with E-state index in [4.69, 9.17) is 0 Å². The minimum absolute atomic E-state index is 0.0609. The van der Waals surface area contributed by atoms with Gasteiger partial charge in [-0.1, -0.05) is 6.07 Å². The standard InChI is InChI=1S/C18H13BrN2O4/c1-25-18(24)12-3-5-14(6-4-12)21-17(23)13(10-20)8-11-2-7-16(22)15(19)9-11/h2-9,22H,1H3,(H,21,23)/b13-8+. The van der Waals surface area contributed by atoms with Gasteiger partial charge in [-0.25, -0.2) is 4.79 Å². The monoisotopic (exact) mass is 400 g/mol. The van der Waals surface area contributed by atoms with Crippen molar-refractivity contribution in [3.05, 3.63) is 63.6 Å². The summed E-state index contributed by atoms with van der Waals surface area (Å²) in [5, 5.41) is 21.3. The van der Waals surface area contributed by atoms with Crippen LogP contribution in [-0.4, -0.2) is 24.1 Å². The van der Waals surface area contributed by atoms with Crippen LogP contribution in [0.4, 0.5) is 5.69 Å². The van der Waals surface area contributed by atoms with Crippen molar-refractivity contribution in [2.75, 3.05) is 12.4 Å². The number of phenols is 1. The number of ether oxygens (including phenoxy) is 1. The van der Waals surface area contributed by atoms with Crippen LogP contribution in [-0.2, 0) is 9.53 Å². The van der Waals surface area contributed by atoms with Gasteiger partial charge in [0.2, 0.25) is 0 Å². The van der Waals surface area contributed by atoms with Gasteiger partial charge in [-0.2, -0.15) is 5.26 Å². The average molecular weight is 401 g/mol. The topological polar surface area (TPSA) is 99.4 Å². The number of carbonyl (C=O) groups is 2. The highest BCUT2D eigenvalue weighted by Crippen LogP contribution is 2.25. The maximum Gasteiger partial charge on any atom is 0.337 e. The Morgan fingerprint density at radius 1 is 1.24 bits per heavy atom. The summed E-state index contributed by atoms with van der Waals surface area (Å²) in [7, 11) is 1.28. The Morgan fingerprint density at radius 2 is 1.92 bits per heavy atom. The maximum absolute atomic E-state index is 12.2. The molecule has 2 aromatic rings. The number of methoxy groups -OCH3 is 1. The van der Waals surface area contributed by atoms with Gasteiger partial charge in [-0.05, 0) is 64.0 Å². The Balaban J connectivity index is 2.17. The Morgan fingerprint density at radius 3 is 2.48 bits per heavy atom. The largest absolute Gasteiger partial charge is 0.507 e. The lowest BCUT2D eigenvalue weighted by Crippen LogP contribution is -2.13. The number of hydrogen-bond donors (Lipinski definition) is 2. The fourth-order valence-corrected chi connectivity index (χ4v) is 2.33. The van der Waals surface area contributed by atoms with Gasteiger partial charge < -0.3 is 15.2 Å². The van der Waals surface area contributed by atoms with E-state index in [0.29, 0.717) is 21.3 Å². The van der Waals surface area contributed by atoms with Crippen LogP contribution < -0.4 is 5.32 Å². The van der Waals surface area contributed by atoms with Gasteiger partial charge in [-0.3, -0.25) is 4.79 Å². The number of phenolic OH excluding ortho intramolecular Hbond substituents is 1. The third-order valence-corrected chi connectivity index (χ3v) is 3.85. The summed E-state index contributed by atoms with van der Waals surface area (Å²) in [6.07, 6.45) is 1.41. The van der Waals surface area contributed by atoms with Crippen molar-refractivity contribution in [2.24, 2.45) is 0 Å². The van der Waals surface area contributed by atoms with E-state index in [1.54, 1.807) is 12.1 Å². The zero-order valence-corrected chi connectivity index (χ0v) is 14.7. The molecule has 2 N–H and O–H groups in total. The van der Waals surface area contributed by atoms with Crippen LogP contribution in [0.15, 0.2) is 52.5 Å². The number of nitrogens with zero attached hydrogens (tertiary/aromatic N) is 1. The predicted octanol–water partition coefficient (Wildman–Crippen LogP) is 3.49. The maximum atomic E-state index is 12.2. The van der Waals surface area contributed by atoms with Crippen LogP contribution in [0.3, 0.4) is 0 Å². The molecule has 2 aromatic carbocycles. The first-order valence-corrected chi connectivity index (χ1v) is 7.84. The Bertz CT molecular complexity index is 883. The summed E-state index contributed by atoms with van der Waals surface area (Å²) in [6.45, 7) is 0. The Labute approximate surface area is 152 Å². The quantitative estimate of drug-likeness (QED) is 0.464. The molecule has 0 aliphatic carbocycles. The Hall–Kier alpha value is -3.11. The van der Waals surface area contributed by atoms with E-state index in [-0.39, 0.29) is 11.3 Å². The number of anilines is 1. The predicted molar refractivity (Wildman–Crippen MR) is 95.8 cm³/mol. The van der Waals surface area contributed by atoms with Crippen molar-refractivity contribution in [3.8, 4) is 11.8 Å². The van der Waals surface area contributed by atoms with Gasteiger partial charge in [0.05, 0.1) is 17.1 Å². The molecule has 0 spiro atoms. The molecule has 0 saturated heterocycles. The van der Waals surface area contributed by atoms with Crippen molar-refractivity contribution >= 4 is 39.6 Å². The fraction of sp³-hybridized carbons (Fsp3) is 0.0556. The molecular weight excluding hydrogens is 388 g/mol. The molecule has 0 heterocycles. The minimum atomic E-state index is -0.586. The molecule has 0 unspecified atom stereocenters. The zero-order valence-electron chi connectivity index (χ0n) is 13.1. The first kappa shape index (κ1) is 18.2. The Kier molecular flexibility index (Phi) is 5.93. The van der Waals surface area contributed by atoms with Crippen LogP contribution in [0.2, 0.25) is 0 Å². The summed E-state index contributed by atoms with van der Waals surface area (Å²) in [5.41, 5.74) is 1.27. The van der Waals surface area contributed by atoms with Gasteiger partial charge >= 0.3 is 5.97 Å². The number of rotatable bonds is 4.